The smallest absolute Gasteiger partial charge is 0.416 e. The maximum Gasteiger partial charge on any atom is 0.416 e. The van der Waals surface area contributed by atoms with Gasteiger partial charge >= 0.3 is 12.1 Å². The summed E-state index contributed by atoms with van der Waals surface area (Å²) in [6.45, 7) is 1.45. The van der Waals surface area contributed by atoms with Crippen LogP contribution in [0.25, 0.3) is 17.5 Å². The van der Waals surface area contributed by atoms with Crippen LogP contribution in [0.15, 0.2) is 34.9 Å². The average Bonchev–Trinajstić information content (AvgIpc) is 3.23. The van der Waals surface area contributed by atoms with Crippen LogP contribution >= 0.6 is 11.6 Å². The number of rotatable bonds is 5. The Morgan fingerprint density at radius 3 is 2.59 bits per heavy atom. The van der Waals surface area contributed by atoms with Crippen molar-refractivity contribution < 1.29 is 27.2 Å². The number of hydrogen-bond acceptors (Lipinski definition) is 6. The quantitative estimate of drug-likeness (QED) is 0.449. The van der Waals surface area contributed by atoms with Crippen molar-refractivity contribution in [2.75, 3.05) is 0 Å². The maximum atomic E-state index is 12.6. The molecule has 0 atom stereocenters. The molecule has 3 rings (SSSR count). The molecule has 0 aliphatic carbocycles. The number of nitrogens with zero attached hydrogens (tertiary/aromatic N) is 4. The van der Waals surface area contributed by atoms with E-state index in [1.165, 1.54) is 29.0 Å². The zero-order chi connectivity index (χ0) is 21.2. The van der Waals surface area contributed by atoms with E-state index in [1.807, 2.05) is 0 Å². The Morgan fingerprint density at radius 2 is 2.00 bits per heavy atom. The molecule has 0 spiro atoms. The van der Waals surface area contributed by atoms with E-state index in [9.17, 15) is 18.0 Å². The van der Waals surface area contributed by atoms with Gasteiger partial charge in [0.1, 0.15) is 5.15 Å². The summed E-state index contributed by atoms with van der Waals surface area (Å²) < 4.78 is 49.2. The van der Waals surface area contributed by atoms with Gasteiger partial charge in [-0.15, -0.1) is 0 Å². The number of carbonyl (C=O) groups excluding carboxylic acids is 1. The predicted octanol–water partition coefficient (Wildman–Crippen LogP) is 4.21. The molecule has 0 bridgehead atoms. The third-order valence-corrected chi connectivity index (χ3v) is 4.31. The second kappa shape index (κ2) is 8.08. The highest BCUT2D eigenvalue weighted by molar-refractivity contribution is 6.31. The Balaban J connectivity index is 1.60. The van der Waals surface area contributed by atoms with Crippen molar-refractivity contribution in [3.05, 3.63) is 58.2 Å². The minimum Gasteiger partial charge on any atom is -0.452 e. The highest BCUT2D eigenvalue weighted by Gasteiger charge is 2.30. The molecule has 152 valence electrons. The Labute approximate surface area is 167 Å². The molecule has 2 heterocycles. The first-order valence-corrected chi connectivity index (χ1v) is 8.57. The van der Waals surface area contributed by atoms with E-state index in [0.717, 1.165) is 12.1 Å². The number of aromatic nitrogens is 4. The Bertz CT molecular complexity index is 1060. The van der Waals surface area contributed by atoms with Gasteiger partial charge in [0.05, 0.1) is 11.3 Å². The highest BCUT2D eigenvalue weighted by Crippen LogP contribution is 2.30. The third-order valence-electron chi connectivity index (χ3n) is 3.86. The lowest BCUT2D eigenvalue weighted by Gasteiger charge is -2.05. The summed E-state index contributed by atoms with van der Waals surface area (Å²) in [5.74, 6) is -0.589. The number of esters is 1. The molecule has 0 fully saturated rings. The molecule has 0 N–H and O–H groups in total. The van der Waals surface area contributed by atoms with Crippen LogP contribution in [0.3, 0.4) is 0 Å². The predicted molar refractivity (Wildman–Crippen MR) is 96.5 cm³/mol. The fraction of sp³-hybridized carbons (Fsp3) is 0.222. The molecule has 0 saturated carbocycles. The van der Waals surface area contributed by atoms with Crippen LogP contribution in [-0.2, 0) is 29.4 Å². The van der Waals surface area contributed by atoms with Crippen LogP contribution < -0.4 is 0 Å². The molecule has 0 unspecified atom stereocenters. The van der Waals surface area contributed by atoms with E-state index in [4.69, 9.17) is 20.9 Å². The molecule has 3 aromatic rings. The number of alkyl halides is 3. The molecule has 1 aromatic carbocycles. The van der Waals surface area contributed by atoms with Gasteiger partial charge in [-0.1, -0.05) is 28.9 Å². The van der Waals surface area contributed by atoms with Crippen LogP contribution in [0.4, 0.5) is 13.2 Å². The fourth-order valence-corrected chi connectivity index (χ4v) is 2.64. The number of hydrogen-bond donors (Lipinski definition) is 0. The van der Waals surface area contributed by atoms with Gasteiger partial charge in [-0.3, -0.25) is 4.68 Å². The standard InChI is InChI=1S/C18H14ClF3N4O3/c1-10-13(16(19)26(2)24-10)7-8-15(27)28-9-14-23-17(25-29-14)11-3-5-12(6-4-11)18(20,21)22/h3-8H,9H2,1-2H3/b8-7+. The van der Waals surface area contributed by atoms with Crippen molar-refractivity contribution in [2.24, 2.45) is 7.05 Å². The SMILES string of the molecule is Cc1nn(C)c(Cl)c1/C=C/C(=O)OCc1nc(-c2ccc(C(F)(F)F)cc2)no1. The van der Waals surface area contributed by atoms with E-state index in [2.05, 4.69) is 15.2 Å². The zero-order valence-electron chi connectivity index (χ0n) is 15.2. The Hall–Kier alpha value is -3.14. The molecule has 0 aliphatic heterocycles. The summed E-state index contributed by atoms with van der Waals surface area (Å²) in [7, 11) is 1.68. The Morgan fingerprint density at radius 1 is 1.31 bits per heavy atom. The van der Waals surface area contributed by atoms with E-state index in [0.29, 0.717) is 22.0 Å². The largest absolute Gasteiger partial charge is 0.452 e. The van der Waals surface area contributed by atoms with E-state index < -0.39 is 17.7 Å². The van der Waals surface area contributed by atoms with Gasteiger partial charge in [-0.25, -0.2) is 4.79 Å². The lowest BCUT2D eigenvalue weighted by atomic mass is 10.1. The van der Waals surface area contributed by atoms with Gasteiger partial charge in [-0.05, 0) is 25.1 Å². The first-order valence-electron chi connectivity index (χ1n) is 8.19. The molecule has 0 saturated heterocycles. The zero-order valence-corrected chi connectivity index (χ0v) is 16.0. The van der Waals surface area contributed by atoms with Gasteiger partial charge < -0.3 is 9.26 Å². The summed E-state index contributed by atoms with van der Waals surface area (Å²) in [6.07, 6.45) is -1.77. The molecule has 7 nitrogen and oxygen atoms in total. The van der Waals surface area contributed by atoms with Crippen molar-refractivity contribution in [2.45, 2.75) is 19.7 Å². The number of carbonyl (C=O) groups is 1. The molecular formula is C18H14ClF3N4O3. The fourth-order valence-electron chi connectivity index (χ4n) is 2.41. The first-order chi connectivity index (χ1) is 13.6. The molecule has 11 heteroatoms. The van der Waals surface area contributed by atoms with Crippen LogP contribution in [-0.4, -0.2) is 25.9 Å². The number of benzene rings is 1. The number of ether oxygens (including phenoxy) is 1. The van der Waals surface area contributed by atoms with Crippen molar-refractivity contribution in [3.63, 3.8) is 0 Å². The van der Waals surface area contributed by atoms with Gasteiger partial charge in [-0.2, -0.15) is 23.3 Å². The molecule has 0 radical (unpaired) electrons. The van der Waals surface area contributed by atoms with Crippen LogP contribution in [0, 0.1) is 6.92 Å². The second-order valence-electron chi connectivity index (χ2n) is 5.94. The first kappa shape index (κ1) is 20.6. The molecule has 29 heavy (non-hydrogen) atoms. The van der Waals surface area contributed by atoms with Crippen LogP contribution in [0.1, 0.15) is 22.7 Å². The van der Waals surface area contributed by atoms with E-state index in [-0.39, 0.29) is 18.3 Å². The minimum absolute atomic E-state index is 0.00256. The van der Waals surface area contributed by atoms with E-state index >= 15 is 0 Å². The summed E-state index contributed by atoms with van der Waals surface area (Å²) >= 11 is 6.07. The normalized spacial score (nSPS) is 11.9. The van der Waals surface area contributed by atoms with Gasteiger partial charge in [0.15, 0.2) is 6.61 Å². The summed E-state index contributed by atoms with van der Waals surface area (Å²) in [5.41, 5.74) is 0.795. The molecular weight excluding hydrogens is 413 g/mol. The van der Waals surface area contributed by atoms with Gasteiger partial charge in [0.25, 0.3) is 5.89 Å². The van der Waals surface area contributed by atoms with Crippen molar-refractivity contribution in [3.8, 4) is 11.4 Å². The lowest BCUT2D eigenvalue weighted by Crippen LogP contribution is -2.04. The average molecular weight is 427 g/mol. The maximum absolute atomic E-state index is 12.6. The topological polar surface area (TPSA) is 83.0 Å². The highest BCUT2D eigenvalue weighted by atomic mass is 35.5. The lowest BCUT2D eigenvalue weighted by molar-refractivity contribution is -0.140. The molecule has 0 aliphatic rings. The Kier molecular flexibility index (Phi) is 5.73. The minimum atomic E-state index is -4.43. The van der Waals surface area contributed by atoms with Crippen molar-refractivity contribution in [1.29, 1.82) is 0 Å². The van der Waals surface area contributed by atoms with Gasteiger partial charge in [0, 0.05) is 24.3 Å². The van der Waals surface area contributed by atoms with Crippen LogP contribution in [0.5, 0.6) is 0 Å². The van der Waals surface area contributed by atoms with Crippen molar-refractivity contribution >= 4 is 23.6 Å². The van der Waals surface area contributed by atoms with Crippen molar-refractivity contribution in [1.82, 2.24) is 19.9 Å². The van der Waals surface area contributed by atoms with E-state index in [1.54, 1.807) is 14.0 Å². The summed E-state index contributed by atoms with van der Waals surface area (Å²) in [6, 6.07) is 4.29. The summed E-state index contributed by atoms with van der Waals surface area (Å²) in [4.78, 5) is 15.9. The second-order valence-corrected chi connectivity index (χ2v) is 6.30. The monoisotopic (exact) mass is 426 g/mol. The third kappa shape index (κ3) is 4.83. The van der Waals surface area contributed by atoms with Gasteiger partial charge in [0.2, 0.25) is 5.82 Å². The number of aryl methyl sites for hydroxylation is 2. The van der Waals surface area contributed by atoms with Crippen LogP contribution in [0.2, 0.25) is 5.15 Å². The number of halogens is 4. The molecule has 2 aromatic heterocycles. The summed E-state index contributed by atoms with van der Waals surface area (Å²) in [5, 5.41) is 8.17. The molecule has 0 amide bonds.